The molecule has 0 unspecified atom stereocenters. The molecule has 33 heavy (non-hydrogen) atoms. The van der Waals surface area contributed by atoms with Crippen molar-refractivity contribution in [1.29, 1.82) is 0 Å². The molecule has 4 heterocycles. The van der Waals surface area contributed by atoms with E-state index in [2.05, 4.69) is 15.0 Å². The highest BCUT2D eigenvalue weighted by Crippen LogP contribution is 2.31. The van der Waals surface area contributed by atoms with Gasteiger partial charge < -0.3 is 20.5 Å². The van der Waals surface area contributed by atoms with Gasteiger partial charge in [-0.2, -0.15) is 9.61 Å². The van der Waals surface area contributed by atoms with E-state index in [1.807, 2.05) is 42.2 Å². The Bertz CT molecular complexity index is 1310. The smallest absolute Gasteiger partial charge is 0.223 e. The van der Waals surface area contributed by atoms with Crippen LogP contribution in [0.3, 0.4) is 0 Å². The van der Waals surface area contributed by atoms with Gasteiger partial charge in [-0.15, -0.1) is 5.10 Å². The number of nitrogens with zero attached hydrogens (tertiary/aromatic N) is 7. The average molecular weight is 451 g/mol. The molecule has 3 N–H and O–H groups in total. The van der Waals surface area contributed by atoms with Gasteiger partial charge in [0.25, 0.3) is 0 Å². The quantitative estimate of drug-likeness (QED) is 0.476. The first-order valence-electron chi connectivity index (χ1n) is 11.3. The van der Waals surface area contributed by atoms with E-state index in [0.717, 1.165) is 54.1 Å². The number of rotatable bonds is 5. The van der Waals surface area contributed by atoms with Gasteiger partial charge in [-0.05, 0) is 45.7 Å². The second-order valence-electron chi connectivity index (χ2n) is 9.35. The van der Waals surface area contributed by atoms with Gasteiger partial charge in [0.1, 0.15) is 5.75 Å². The number of hydrogen-bond donors (Lipinski definition) is 2. The maximum Gasteiger partial charge on any atom is 0.223 e. The average Bonchev–Trinajstić information content (AvgIpc) is 3.46. The normalized spacial score (nSPS) is 18.2. The van der Waals surface area contributed by atoms with Gasteiger partial charge in [0.2, 0.25) is 5.95 Å². The number of ether oxygens (including phenoxy) is 1. The predicted molar refractivity (Wildman–Crippen MR) is 127 cm³/mol. The Hall–Kier alpha value is -3.40. The molecule has 1 aliphatic heterocycles. The van der Waals surface area contributed by atoms with Crippen LogP contribution in [-0.2, 0) is 0 Å². The van der Waals surface area contributed by atoms with E-state index in [4.69, 9.17) is 20.6 Å². The summed E-state index contributed by atoms with van der Waals surface area (Å²) >= 11 is 0. The van der Waals surface area contributed by atoms with Crippen molar-refractivity contribution < 1.29 is 9.84 Å². The van der Waals surface area contributed by atoms with Gasteiger partial charge in [0, 0.05) is 36.7 Å². The molecular weight excluding hydrogens is 420 g/mol. The van der Waals surface area contributed by atoms with Gasteiger partial charge >= 0.3 is 0 Å². The molecule has 1 aromatic carbocycles. The number of benzene rings is 1. The first-order chi connectivity index (χ1) is 15.7. The number of piperidine rings is 1. The van der Waals surface area contributed by atoms with Crippen LogP contribution < -0.4 is 15.4 Å². The minimum absolute atomic E-state index is 0.130. The third-order valence-corrected chi connectivity index (χ3v) is 6.68. The molecule has 0 saturated carbocycles. The van der Waals surface area contributed by atoms with Gasteiger partial charge in [0.15, 0.2) is 11.5 Å². The Morgan fingerprint density at radius 3 is 2.85 bits per heavy atom. The highest BCUT2D eigenvalue weighted by Gasteiger charge is 2.28. The number of nitrogen functional groups attached to an aromatic ring is 1. The van der Waals surface area contributed by atoms with Crippen LogP contribution in [0.5, 0.6) is 5.75 Å². The third-order valence-electron chi connectivity index (χ3n) is 6.68. The molecule has 1 aliphatic rings. The molecule has 2 atom stereocenters. The van der Waals surface area contributed by atoms with Crippen LogP contribution in [0.25, 0.3) is 16.6 Å². The zero-order valence-corrected chi connectivity index (χ0v) is 19.4. The summed E-state index contributed by atoms with van der Waals surface area (Å²) in [7, 11) is 1.63. The molecule has 0 bridgehead atoms. The topological polar surface area (TPSA) is 120 Å². The molecular formula is C23H30N8O2. The molecule has 10 heteroatoms. The number of nitrogens with two attached hydrogens (primary N) is 1. The Morgan fingerprint density at radius 2 is 2.09 bits per heavy atom. The maximum atomic E-state index is 10.3. The Labute approximate surface area is 192 Å². The lowest BCUT2D eigenvalue weighted by atomic mass is 9.97. The molecule has 0 radical (unpaired) electrons. The van der Waals surface area contributed by atoms with Crippen LogP contribution in [0.4, 0.5) is 11.6 Å². The molecule has 4 aromatic rings. The van der Waals surface area contributed by atoms with Crippen molar-refractivity contribution in [1.82, 2.24) is 29.4 Å². The number of aliphatic hydroxyl groups is 1. The summed E-state index contributed by atoms with van der Waals surface area (Å²) in [6.45, 7) is 7.29. The van der Waals surface area contributed by atoms with Gasteiger partial charge in [-0.1, -0.05) is 0 Å². The van der Waals surface area contributed by atoms with Gasteiger partial charge in [-0.25, -0.2) is 9.97 Å². The van der Waals surface area contributed by atoms with E-state index in [1.165, 1.54) is 0 Å². The van der Waals surface area contributed by atoms with Crippen molar-refractivity contribution in [2.24, 2.45) is 0 Å². The predicted octanol–water partition coefficient (Wildman–Crippen LogP) is 2.78. The Balaban J connectivity index is 1.44. The number of fused-ring (bicyclic) bond motifs is 3. The van der Waals surface area contributed by atoms with Crippen molar-refractivity contribution in [3.63, 3.8) is 0 Å². The van der Waals surface area contributed by atoms with E-state index >= 15 is 0 Å². The van der Waals surface area contributed by atoms with E-state index < -0.39 is 5.60 Å². The molecule has 1 fully saturated rings. The van der Waals surface area contributed by atoms with Gasteiger partial charge in [-0.3, -0.25) is 4.68 Å². The third kappa shape index (κ3) is 3.84. The van der Waals surface area contributed by atoms with Crippen molar-refractivity contribution >= 4 is 28.2 Å². The first-order valence-corrected chi connectivity index (χ1v) is 11.3. The van der Waals surface area contributed by atoms with Crippen LogP contribution in [-0.4, -0.2) is 60.3 Å². The van der Waals surface area contributed by atoms with Crippen molar-refractivity contribution in [3.05, 3.63) is 36.4 Å². The standard InChI is InChI=1S/C23H30N8O2/c1-14(23(2,3)32)30-13-16(11-25-30)29-9-5-6-15(12-29)20-27-21-18-8-7-17(33-4)10-19(18)26-22(24)31(21)28-20/h7-8,10-11,13-15,32H,5-6,9,12H2,1-4H3,(H2,24,26)/t14-,15+/m0/s1. The summed E-state index contributed by atoms with van der Waals surface area (Å²) in [5, 5.41) is 20.4. The highest BCUT2D eigenvalue weighted by molar-refractivity contribution is 5.93. The number of methoxy groups -OCH3 is 1. The van der Waals surface area contributed by atoms with Crippen molar-refractivity contribution in [2.45, 2.75) is 51.2 Å². The summed E-state index contributed by atoms with van der Waals surface area (Å²) in [6, 6.07) is 5.56. The maximum absolute atomic E-state index is 10.3. The molecule has 3 aromatic heterocycles. The minimum atomic E-state index is -0.852. The lowest BCUT2D eigenvalue weighted by Crippen LogP contribution is -2.34. The SMILES string of the molecule is COc1ccc2c(c1)nc(N)n1nc([C@@H]3CCCN(c4cnn([C@@H](C)C(C)(C)O)c4)C3)nc21. The van der Waals surface area contributed by atoms with E-state index in [9.17, 15) is 5.11 Å². The number of anilines is 2. The number of hydrogen-bond acceptors (Lipinski definition) is 8. The first kappa shape index (κ1) is 21.4. The van der Waals surface area contributed by atoms with Crippen LogP contribution in [0.2, 0.25) is 0 Å². The molecule has 5 rings (SSSR count). The largest absolute Gasteiger partial charge is 0.497 e. The molecule has 0 aliphatic carbocycles. The summed E-state index contributed by atoms with van der Waals surface area (Å²) in [4.78, 5) is 11.7. The fourth-order valence-electron chi connectivity index (χ4n) is 4.38. The number of aromatic nitrogens is 6. The second-order valence-corrected chi connectivity index (χ2v) is 9.35. The lowest BCUT2D eigenvalue weighted by molar-refractivity contribution is 0.0258. The van der Waals surface area contributed by atoms with Crippen molar-refractivity contribution in [2.75, 3.05) is 30.8 Å². The van der Waals surface area contributed by atoms with E-state index in [1.54, 1.807) is 25.5 Å². The van der Waals surface area contributed by atoms with Crippen LogP contribution in [0.1, 0.15) is 51.4 Å². The summed E-state index contributed by atoms with van der Waals surface area (Å²) in [5.74, 6) is 1.97. The van der Waals surface area contributed by atoms with Crippen LogP contribution in [0.15, 0.2) is 30.6 Å². The van der Waals surface area contributed by atoms with Crippen LogP contribution in [0, 0.1) is 0 Å². The van der Waals surface area contributed by atoms with Gasteiger partial charge in [0.05, 0.1) is 36.2 Å². The molecule has 0 amide bonds. The van der Waals surface area contributed by atoms with Crippen LogP contribution >= 0.6 is 0 Å². The lowest BCUT2D eigenvalue weighted by Gasteiger charge is -2.32. The fourth-order valence-corrected chi connectivity index (χ4v) is 4.38. The zero-order chi connectivity index (χ0) is 23.3. The minimum Gasteiger partial charge on any atom is -0.497 e. The zero-order valence-electron chi connectivity index (χ0n) is 19.4. The summed E-state index contributed by atoms with van der Waals surface area (Å²) < 4.78 is 8.77. The molecule has 0 spiro atoms. The molecule has 174 valence electrons. The van der Waals surface area contributed by atoms with Crippen molar-refractivity contribution in [3.8, 4) is 5.75 Å². The van der Waals surface area contributed by atoms with E-state index in [-0.39, 0.29) is 12.0 Å². The fraction of sp³-hybridized carbons (Fsp3) is 0.478. The Kier molecular flexibility index (Phi) is 5.12. The highest BCUT2D eigenvalue weighted by atomic mass is 16.5. The Morgan fingerprint density at radius 1 is 1.27 bits per heavy atom. The molecule has 10 nitrogen and oxygen atoms in total. The van der Waals surface area contributed by atoms with E-state index in [0.29, 0.717) is 11.6 Å². The summed E-state index contributed by atoms with van der Waals surface area (Å²) in [5.41, 5.74) is 7.84. The summed E-state index contributed by atoms with van der Waals surface area (Å²) in [6.07, 6.45) is 5.90. The second kappa shape index (κ2) is 7.87. The molecule has 1 saturated heterocycles. The monoisotopic (exact) mass is 450 g/mol.